The summed E-state index contributed by atoms with van der Waals surface area (Å²) in [5.74, 6) is 0.170. The topological polar surface area (TPSA) is 96.3 Å². The first-order valence-electron chi connectivity index (χ1n) is 9.56. The smallest absolute Gasteiger partial charge is 0.307 e. The molecule has 0 aliphatic rings. The van der Waals surface area contributed by atoms with E-state index in [1.165, 1.54) is 0 Å². The minimum Gasteiger partial charge on any atom is -0.490 e. The highest BCUT2D eigenvalue weighted by atomic mass is 16.6. The largest absolute Gasteiger partial charge is 0.490 e. The summed E-state index contributed by atoms with van der Waals surface area (Å²) in [6.07, 6.45) is 0.177. The number of ketones is 1. The molecule has 0 bridgehead atoms. The van der Waals surface area contributed by atoms with Crippen LogP contribution in [0.2, 0.25) is 0 Å². The van der Waals surface area contributed by atoms with E-state index >= 15 is 0 Å². The van der Waals surface area contributed by atoms with Crippen LogP contribution in [0.5, 0.6) is 5.75 Å². The molecule has 0 unspecified atom stereocenters. The van der Waals surface area contributed by atoms with Crippen LogP contribution >= 0.6 is 0 Å². The summed E-state index contributed by atoms with van der Waals surface area (Å²) < 4.78 is 10.7. The van der Waals surface area contributed by atoms with Crippen LogP contribution in [-0.2, 0) is 9.53 Å². The Morgan fingerprint density at radius 2 is 1.41 bits per heavy atom. The first kappa shape index (κ1) is 22.5. The van der Waals surface area contributed by atoms with Crippen LogP contribution in [-0.4, -0.2) is 72.9 Å². The van der Waals surface area contributed by atoms with Crippen molar-refractivity contribution in [3.63, 3.8) is 0 Å². The number of nitrogens with zero attached hydrogens (tertiary/aromatic N) is 1. The monoisotopic (exact) mass is 401 g/mol. The first-order chi connectivity index (χ1) is 14.1. The van der Waals surface area contributed by atoms with Crippen molar-refractivity contribution in [1.82, 2.24) is 4.90 Å². The fourth-order valence-electron chi connectivity index (χ4n) is 2.71. The number of benzene rings is 2. The van der Waals surface area contributed by atoms with Crippen molar-refractivity contribution in [3.8, 4) is 5.75 Å². The molecule has 0 saturated carbocycles. The summed E-state index contributed by atoms with van der Waals surface area (Å²) >= 11 is 0. The van der Waals surface area contributed by atoms with E-state index in [0.29, 0.717) is 36.5 Å². The average molecular weight is 401 g/mol. The lowest BCUT2D eigenvalue weighted by Crippen LogP contribution is -2.32. The fraction of sp³-hybridized carbons (Fsp3) is 0.364. The highest BCUT2D eigenvalue weighted by molar-refractivity contribution is 6.08. The molecule has 7 heteroatoms. The van der Waals surface area contributed by atoms with Gasteiger partial charge in [0.2, 0.25) is 0 Å². The number of esters is 1. The van der Waals surface area contributed by atoms with Gasteiger partial charge < -0.3 is 19.7 Å². The maximum atomic E-state index is 12.4. The van der Waals surface area contributed by atoms with Gasteiger partial charge in [0.15, 0.2) is 5.78 Å². The quantitative estimate of drug-likeness (QED) is 0.298. The summed E-state index contributed by atoms with van der Waals surface area (Å²) in [4.78, 5) is 25.9. The molecule has 0 aromatic heterocycles. The number of carbonyl (C=O) groups is 2. The zero-order valence-corrected chi connectivity index (χ0v) is 16.3. The van der Waals surface area contributed by atoms with Crippen LogP contribution in [0.4, 0.5) is 0 Å². The predicted octanol–water partition coefficient (Wildman–Crippen LogP) is 1.52. The Kier molecular flexibility index (Phi) is 9.85. The van der Waals surface area contributed by atoms with E-state index in [1.54, 1.807) is 41.3 Å². The molecular formula is C22H27NO6. The van der Waals surface area contributed by atoms with Gasteiger partial charge in [-0.15, -0.1) is 0 Å². The molecule has 0 aliphatic heterocycles. The SMILES string of the molecule is O=C(CCN(CCO)CCO)OCCOc1ccc(C(=O)c2ccccc2)cc1. The van der Waals surface area contributed by atoms with Crippen molar-refractivity contribution < 1.29 is 29.3 Å². The van der Waals surface area contributed by atoms with Gasteiger partial charge in [-0.1, -0.05) is 30.3 Å². The molecule has 0 spiro atoms. The first-order valence-corrected chi connectivity index (χ1v) is 9.56. The number of aliphatic hydroxyl groups is 2. The maximum Gasteiger partial charge on any atom is 0.307 e. The zero-order valence-electron chi connectivity index (χ0n) is 16.3. The molecule has 0 amide bonds. The number of carbonyl (C=O) groups excluding carboxylic acids is 2. The minimum absolute atomic E-state index is 0.0291. The highest BCUT2D eigenvalue weighted by Crippen LogP contribution is 2.15. The molecule has 0 heterocycles. The molecule has 2 rings (SSSR count). The van der Waals surface area contributed by atoms with Gasteiger partial charge in [-0.3, -0.25) is 14.5 Å². The van der Waals surface area contributed by atoms with Crippen LogP contribution in [0.3, 0.4) is 0 Å². The van der Waals surface area contributed by atoms with Gasteiger partial charge in [-0.2, -0.15) is 0 Å². The highest BCUT2D eigenvalue weighted by Gasteiger charge is 2.10. The summed E-state index contributed by atoms with van der Waals surface area (Å²) in [5, 5.41) is 17.9. The Balaban J connectivity index is 1.68. The summed E-state index contributed by atoms with van der Waals surface area (Å²) in [7, 11) is 0. The normalized spacial score (nSPS) is 10.7. The van der Waals surface area contributed by atoms with Crippen LogP contribution in [0.15, 0.2) is 54.6 Å². The van der Waals surface area contributed by atoms with E-state index < -0.39 is 0 Å². The van der Waals surface area contributed by atoms with Crippen molar-refractivity contribution in [2.45, 2.75) is 6.42 Å². The standard InChI is InChI=1S/C22H27NO6/c24-14-12-23(13-15-25)11-10-21(26)29-17-16-28-20-8-6-19(7-9-20)22(27)18-4-2-1-3-5-18/h1-9,24-25H,10-17H2. The second-order valence-electron chi connectivity index (χ2n) is 6.33. The van der Waals surface area contributed by atoms with Crippen LogP contribution in [0.1, 0.15) is 22.3 Å². The molecule has 0 fully saturated rings. The van der Waals surface area contributed by atoms with E-state index in [9.17, 15) is 9.59 Å². The molecular weight excluding hydrogens is 374 g/mol. The number of ether oxygens (including phenoxy) is 2. The number of hydrogen-bond donors (Lipinski definition) is 2. The van der Waals surface area contributed by atoms with Gasteiger partial charge in [-0.25, -0.2) is 0 Å². The summed E-state index contributed by atoms with van der Waals surface area (Å²) in [6.45, 7) is 1.48. The predicted molar refractivity (Wildman–Crippen MR) is 108 cm³/mol. The summed E-state index contributed by atoms with van der Waals surface area (Å²) in [5.41, 5.74) is 1.20. The van der Waals surface area contributed by atoms with Crippen molar-refractivity contribution in [3.05, 3.63) is 65.7 Å². The number of rotatable bonds is 13. The van der Waals surface area contributed by atoms with Crippen LogP contribution < -0.4 is 4.74 Å². The number of aliphatic hydroxyl groups excluding tert-OH is 2. The Hall–Kier alpha value is -2.74. The van der Waals surface area contributed by atoms with Gasteiger partial charge in [0.1, 0.15) is 19.0 Å². The molecule has 2 N–H and O–H groups in total. The lowest BCUT2D eigenvalue weighted by Gasteiger charge is -2.19. The molecule has 0 atom stereocenters. The second kappa shape index (κ2) is 12.7. The van der Waals surface area contributed by atoms with E-state index in [0.717, 1.165) is 0 Å². The van der Waals surface area contributed by atoms with E-state index in [4.69, 9.17) is 19.7 Å². The van der Waals surface area contributed by atoms with E-state index in [-0.39, 0.29) is 44.6 Å². The van der Waals surface area contributed by atoms with Crippen LogP contribution in [0, 0.1) is 0 Å². The number of hydrogen-bond acceptors (Lipinski definition) is 7. The zero-order chi connectivity index (χ0) is 20.9. The van der Waals surface area contributed by atoms with Crippen molar-refractivity contribution in [2.75, 3.05) is 46.1 Å². The molecule has 0 aliphatic carbocycles. The van der Waals surface area contributed by atoms with Crippen molar-refractivity contribution in [1.29, 1.82) is 0 Å². The Bertz CT molecular complexity index is 742. The van der Waals surface area contributed by atoms with Gasteiger partial charge in [0.05, 0.1) is 19.6 Å². The third-order valence-corrected chi connectivity index (χ3v) is 4.23. The van der Waals surface area contributed by atoms with Crippen LogP contribution in [0.25, 0.3) is 0 Å². The maximum absolute atomic E-state index is 12.4. The van der Waals surface area contributed by atoms with Crippen molar-refractivity contribution >= 4 is 11.8 Å². The van der Waals surface area contributed by atoms with Gasteiger partial charge in [0.25, 0.3) is 0 Å². The molecule has 0 saturated heterocycles. The second-order valence-corrected chi connectivity index (χ2v) is 6.33. The van der Waals surface area contributed by atoms with E-state index in [1.807, 2.05) is 18.2 Å². The minimum atomic E-state index is -0.363. The molecule has 29 heavy (non-hydrogen) atoms. The third kappa shape index (κ3) is 8.03. The average Bonchev–Trinajstić information content (AvgIpc) is 2.76. The van der Waals surface area contributed by atoms with E-state index in [2.05, 4.69) is 0 Å². The summed E-state index contributed by atoms with van der Waals surface area (Å²) in [6, 6.07) is 15.9. The molecule has 7 nitrogen and oxygen atoms in total. The van der Waals surface area contributed by atoms with Gasteiger partial charge >= 0.3 is 5.97 Å². The molecule has 156 valence electrons. The Morgan fingerprint density at radius 1 is 0.793 bits per heavy atom. The van der Waals surface area contributed by atoms with Gasteiger partial charge in [-0.05, 0) is 24.3 Å². The third-order valence-electron chi connectivity index (χ3n) is 4.23. The molecule has 2 aromatic carbocycles. The fourth-order valence-corrected chi connectivity index (χ4v) is 2.71. The van der Waals surface area contributed by atoms with Gasteiger partial charge in [0, 0.05) is 30.8 Å². The molecule has 0 radical (unpaired) electrons. The van der Waals surface area contributed by atoms with Crippen molar-refractivity contribution in [2.24, 2.45) is 0 Å². The lowest BCUT2D eigenvalue weighted by molar-refractivity contribution is -0.144. The molecule has 2 aromatic rings. The Morgan fingerprint density at radius 3 is 2.03 bits per heavy atom. The lowest BCUT2D eigenvalue weighted by atomic mass is 10.0. The Labute approximate surface area is 170 Å².